The molecule has 0 bridgehead atoms. The first-order valence-corrected chi connectivity index (χ1v) is 6.49. The van der Waals surface area contributed by atoms with Crippen molar-refractivity contribution in [2.24, 2.45) is 0 Å². The zero-order chi connectivity index (χ0) is 14.8. The van der Waals surface area contributed by atoms with Gasteiger partial charge in [0, 0.05) is 25.5 Å². The molecule has 8 heteroatoms. The summed E-state index contributed by atoms with van der Waals surface area (Å²) < 4.78 is 0. The molecule has 0 radical (unpaired) electrons. The quantitative estimate of drug-likeness (QED) is 0.805. The maximum atomic E-state index is 11.9. The predicted molar refractivity (Wildman–Crippen MR) is 73.7 cm³/mol. The minimum atomic E-state index is -1.03. The second-order valence-electron chi connectivity index (χ2n) is 4.67. The summed E-state index contributed by atoms with van der Waals surface area (Å²) in [6, 6.07) is 2.72. The molecule has 0 spiro atoms. The average molecular weight is 287 g/mol. The minimum Gasteiger partial charge on any atom is -0.481 e. The molecule has 8 nitrogen and oxygen atoms in total. The third-order valence-electron chi connectivity index (χ3n) is 3.31. The molecule has 1 aliphatic heterocycles. The maximum absolute atomic E-state index is 11.9. The number of hydrogen-bond donors (Lipinski definition) is 2. The van der Waals surface area contributed by atoms with Gasteiger partial charge >= 0.3 is 5.97 Å². The molecule has 1 unspecified atom stereocenters. The fourth-order valence-corrected chi connectivity index (χ4v) is 2.36. The van der Waals surface area contributed by atoms with E-state index in [4.69, 9.17) is 5.11 Å². The Morgan fingerprint density at radius 1 is 1.38 bits per heavy atom. The number of amides is 1. The standard InChI is InChI=1S/C13H13N5O3/c19-11(20)7-9-13(21)16-5-6-18(9)10-2-1-8-12(17-10)15-4-3-14-8/h1-4,9H,5-7H2,(H,16,21)(H,19,20). The molecule has 1 amide bonds. The largest absolute Gasteiger partial charge is 0.481 e. The van der Waals surface area contributed by atoms with Crippen molar-refractivity contribution in [3.63, 3.8) is 0 Å². The fraction of sp³-hybridized carbons (Fsp3) is 0.308. The van der Waals surface area contributed by atoms with E-state index in [2.05, 4.69) is 20.3 Å². The van der Waals surface area contributed by atoms with Crippen LogP contribution in [0.4, 0.5) is 5.82 Å². The zero-order valence-electron chi connectivity index (χ0n) is 11.1. The number of carbonyl (C=O) groups excluding carboxylic acids is 1. The minimum absolute atomic E-state index is 0.272. The van der Waals surface area contributed by atoms with Crippen molar-refractivity contribution in [1.82, 2.24) is 20.3 Å². The lowest BCUT2D eigenvalue weighted by molar-refractivity contribution is -0.139. The number of nitrogens with one attached hydrogen (secondary N) is 1. The van der Waals surface area contributed by atoms with Crippen molar-refractivity contribution in [3.05, 3.63) is 24.5 Å². The topological polar surface area (TPSA) is 108 Å². The van der Waals surface area contributed by atoms with Gasteiger partial charge in [-0.25, -0.2) is 9.97 Å². The van der Waals surface area contributed by atoms with Gasteiger partial charge in [-0.15, -0.1) is 0 Å². The summed E-state index contributed by atoms with van der Waals surface area (Å²) >= 11 is 0. The first-order chi connectivity index (χ1) is 10.1. The first kappa shape index (κ1) is 13.2. The number of hydrogen-bond acceptors (Lipinski definition) is 6. The Balaban J connectivity index is 1.97. The van der Waals surface area contributed by atoms with Gasteiger partial charge in [-0.1, -0.05) is 0 Å². The summed E-state index contributed by atoms with van der Waals surface area (Å²) in [7, 11) is 0. The number of aliphatic carboxylic acids is 1. The number of pyridine rings is 1. The van der Waals surface area contributed by atoms with Crippen molar-refractivity contribution in [1.29, 1.82) is 0 Å². The molecule has 1 fully saturated rings. The average Bonchev–Trinajstić information content (AvgIpc) is 2.48. The van der Waals surface area contributed by atoms with E-state index in [0.29, 0.717) is 30.1 Å². The van der Waals surface area contributed by atoms with E-state index in [1.807, 2.05) is 0 Å². The Morgan fingerprint density at radius 2 is 2.19 bits per heavy atom. The van der Waals surface area contributed by atoms with Gasteiger partial charge in [-0.3, -0.25) is 14.6 Å². The number of rotatable bonds is 3. The zero-order valence-corrected chi connectivity index (χ0v) is 11.1. The summed E-state index contributed by atoms with van der Waals surface area (Å²) in [4.78, 5) is 37.2. The van der Waals surface area contributed by atoms with E-state index in [0.717, 1.165) is 0 Å². The van der Waals surface area contributed by atoms with Crippen LogP contribution < -0.4 is 10.2 Å². The van der Waals surface area contributed by atoms with E-state index in [9.17, 15) is 9.59 Å². The molecule has 0 saturated carbocycles. The van der Waals surface area contributed by atoms with Crippen molar-refractivity contribution >= 4 is 28.9 Å². The van der Waals surface area contributed by atoms with Crippen molar-refractivity contribution in [2.45, 2.75) is 12.5 Å². The van der Waals surface area contributed by atoms with Crippen LogP contribution in [0.3, 0.4) is 0 Å². The van der Waals surface area contributed by atoms with E-state index in [1.54, 1.807) is 23.2 Å². The van der Waals surface area contributed by atoms with Gasteiger partial charge in [0.25, 0.3) is 0 Å². The number of carboxylic acid groups (broad SMARTS) is 1. The number of nitrogens with zero attached hydrogens (tertiary/aromatic N) is 4. The number of carboxylic acids is 1. The van der Waals surface area contributed by atoms with Gasteiger partial charge in [0.1, 0.15) is 17.4 Å². The monoisotopic (exact) mass is 287 g/mol. The highest BCUT2D eigenvalue weighted by Gasteiger charge is 2.32. The highest BCUT2D eigenvalue weighted by atomic mass is 16.4. The van der Waals surface area contributed by atoms with Crippen LogP contribution in [0.5, 0.6) is 0 Å². The normalized spacial score (nSPS) is 18.6. The molecular formula is C13H13N5O3. The van der Waals surface area contributed by atoms with Gasteiger partial charge < -0.3 is 15.3 Å². The van der Waals surface area contributed by atoms with Crippen LogP contribution in [0.1, 0.15) is 6.42 Å². The Kier molecular flexibility index (Phi) is 3.35. The molecule has 1 aliphatic rings. The van der Waals surface area contributed by atoms with Crippen LogP contribution in [-0.4, -0.2) is 51.1 Å². The van der Waals surface area contributed by atoms with Gasteiger partial charge in [-0.05, 0) is 12.1 Å². The van der Waals surface area contributed by atoms with Crippen LogP contribution in [0, 0.1) is 0 Å². The summed E-state index contributed by atoms with van der Waals surface area (Å²) in [5.74, 6) is -0.795. The summed E-state index contributed by atoms with van der Waals surface area (Å²) in [6.07, 6.45) is 2.84. The molecule has 108 valence electrons. The van der Waals surface area contributed by atoms with Crippen molar-refractivity contribution in [2.75, 3.05) is 18.0 Å². The number of aromatic nitrogens is 3. The van der Waals surface area contributed by atoms with Crippen LogP contribution >= 0.6 is 0 Å². The third-order valence-corrected chi connectivity index (χ3v) is 3.31. The van der Waals surface area contributed by atoms with Crippen molar-refractivity contribution in [3.8, 4) is 0 Å². The lowest BCUT2D eigenvalue weighted by atomic mass is 10.1. The SMILES string of the molecule is O=C(O)CC1C(=O)NCCN1c1ccc2nccnc2n1. The Labute approximate surface area is 119 Å². The summed E-state index contributed by atoms with van der Waals surface area (Å²) in [5, 5.41) is 11.6. The summed E-state index contributed by atoms with van der Waals surface area (Å²) in [5.41, 5.74) is 1.12. The second-order valence-corrected chi connectivity index (χ2v) is 4.67. The van der Waals surface area contributed by atoms with Gasteiger partial charge in [0.05, 0.1) is 6.42 Å². The summed E-state index contributed by atoms with van der Waals surface area (Å²) in [6.45, 7) is 0.956. The molecule has 2 N–H and O–H groups in total. The van der Waals surface area contributed by atoms with Crippen LogP contribution in [0.15, 0.2) is 24.5 Å². The van der Waals surface area contributed by atoms with Gasteiger partial charge in [0.15, 0.2) is 5.65 Å². The lowest BCUT2D eigenvalue weighted by Crippen LogP contribution is -2.56. The molecule has 1 atom stereocenters. The molecule has 2 aromatic heterocycles. The maximum Gasteiger partial charge on any atom is 0.305 e. The molecule has 1 saturated heterocycles. The van der Waals surface area contributed by atoms with Gasteiger partial charge in [-0.2, -0.15) is 0 Å². The van der Waals surface area contributed by atoms with E-state index >= 15 is 0 Å². The number of piperazine rings is 1. The molecule has 3 rings (SSSR count). The predicted octanol–water partition coefficient (Wildman–Crippen LogP) is -0.196. The second kappa shape index (κ2) is 5.31. The smallest absolute Gasteiger partial charge is 0.305 e. The third kappa shape index (κ3) is 2.60. The number of carbonyl (C=O) groups is 2. The lowest BCUT2D eigenvalue weighted by Gasteiger charge is -2.35. The number of fused-ring (bicyclic) bond motifs is 1. The van der Waals surface area contributed by atoms with E-state index in [1.165, 1.54) is 6.20 Å². The van der Waals surface area contributed by atoms with Gasteiger partial charge in [0.2, 0.25) is 5.91 Å². The van der Waals surface area contributed by atoms with Crippen LogP contribution in [0.25, 0.3) is 11.2 Å². The highest BCUT2D eigenvalue weighted by Crippen LogP contribution is 2.20. The molecule has 0 aliphatic carbocycles. The Morgan fingerprint density at radius 3 is 3.00 bits per heavy atom. The Bertz CT molecular complexity index is 705. The van der Waals surface area contributed by atoms with Crippen LogP contribution in [-0.2, 0) is 9.59 Å². The van der Waals surface area contributed by atoms with Crippen molar-refractivity contribution < 1.29 is 14.7 Å². The van der Waals surface area contributed by atoms with Crippen LogP contribution in [0.2, 0.25) is 0 Å². The van der Waals surface area contributed by atoms with E-state index in [-0.39, 0.29) is 12.3 Å². The molecule has 3 heterocycles. The highest BCUT2D eigenvalue weighted by molar-refractivity contribution is 5.90. The van der Waals surface area contributed by atoms with E-state index < -0.39 is 12.0 Å². The number of anilines is 1. The fourth-order valence-electron chi connectivity index (χ4n) is 2.36. The first-order valence-electron chi connectivity index (χ1n) is 6.49. The molecule has 2 aromatic rings. The molecule has 21 heavy (non-hydrogen) atoms. The Hall–Kier alpha value is -2.77. The molecule has 0 aromatic carbocycles. The molecular weight excluding hydrogens is 274 g/mol.